The number of aliphatic imine (C=N–C) groups is 1. The highest BCUT2D eigenvalue weighted by Gasteiger charge is 2.30. The van der Waals surface area contributed by atoms with Crippen LogP contribution in [0.1, 0.15) is 40.0 Å². The average Bonchev–Trinajstić information content (AvgIpc) is 2.65. The van der Waals surface area contributed by atoms with E-state index in [4.69, 9.17) is 22.3 Å². The standard InChI is InChI=1S/C18H35N7O6/c1-9(2)7-12(16(29)25-14(10(3)26)17(30)31)24-13(27)8-23-15(28)11(19)5-4-6-22-18(20)21/h9-12,14,26H,4-8,19H2,1-3H3,(H,23,28)(H,24,27)(H,25,29)(H,30,31)(H4,20,21,22). The average molecular weight is 446 g/mol. The molecular formula is C18H35N7O6. The lowest BCUT2D eigenvalue weighted by Gasteiger charge is -2.24. The maximum Gasteiger partial charge on any atom is 0.328 e. The smallest absolute Gasteiger partial charge is 0.328 e. The first kappa shape index (κ1) is 28.1. The Morgan fingerprint density at radius 3 is 2.13 bits per heavy atom. The summed E-state index contributed by atoms with van der Waals surface area (Å²) >= 11 is 0. The van der Waals surface area contributed by atoms with E-state index in [9.17, 15) is 24.3 Å². The lowest BCUT2D eigenvalue weighted by atomic mass is 10.0. The number of nitrogens with one attached hydrogen (secondary N) is 3. The van der Waals surface area contributed by atoms with Crippen molar-refractivity contribution >= 4 is 29.7 Å². The van der Waals surface area contributed by atoms with Gasteiger partial charge in [0.15, 0.2) is 12.0 Å². The summed E-state index contributed by atoms with van der Waals surface area (Å²) in [7, 11) is 0. The minimum absolute atomic E-state index is 0.000826. The van der Waals surface area contributed by atoms with Gasteiger partial charge in [0.05, 0.1) is 18.7 Å². The van der Waals surface area contributed by atoms with Crippen LogP contribution in [0.15, 0.2) is 4.99 Å². The van der Waals surface area contributed by atoms with Gasteiger partial charge in [-0.05, 0) is 32.1 Å². The summed E-state index contributed by atoms with van der Waals surface area (Å²) in [5, 5.41) is 25.7. The van der Waals surface area contributed by atoms with Crippen LogP contribution in [-0.4, -0.2) is 77.2 Å². The van der Waals surface area contributed by atoms with E-state index in [1.807, 2.05) is 13.8 Å². The molecule has 0 aromatic carbocycles. The van der Waals surface area contributed by atoms with Gasteiger partial charge in [-0.25, -0.2) is 4.79 Å². The summed E-state index contributed by atoms with van der Waals surface area (Å²) < 4.78 is 0. The topological polar surface area (TPSA) is 235 Å². The number of nitrogens with zero attached hydrogens (tertiary/aromatic N) is 1. The molecule has 0 saturated carbocycles. The fourth-order valence-electron chi connectivity index (χ4n) is 2.54. The Morgan fingerprint density at radius 2 is 1.65 bits per heavy atom. The number of hydrogen-bond acceptors (Lipinski definition) is 7. The van der Waals surface area contributed by atoms with Gasteiger partial charge in [0.2, 0.25) is 17.7 Å². The van der Waals surface area contributed by atoms with E-state index in [1.54, 1.807) is 0 Å². The van der Waals surface area contributed by atoms with E-state index in [0.29, 0.717) is 19.4 Å². The van der Waals surface area contributed by atoms with E-state index < -0.39 is 54.5 Å². The minimum Gasteiger partial charge on any atom is -0.480 e. The van der Waals surface area contributed by atoms with Crippen LogP contribution in [0.5, 0.6) is 0 Å². The van der Waals surface area contributed by atoms with Crippen molar-refractivity contribution in [3.05, 3.63) is 0 Å². The highest BCUT2D eigenvalue weighted by molar-refractivity contribution is 5.92. The van der Waals surface area contributed by atoms with Crippen LogP contribution < -0.4 is 33.2 Å². The summed E-state index contributed by atoms with van der Waals surface area (Å²) in [6.45, 7) is 4.77. The Bertz CT molecular complexity index is 649. The van der Waals surface area contributed by atoms with Gasteiger partial charge in [-0.15, -0.1) is 0 Å². The number of rotatable bonds is 14. The molecule has 0 saturated heterocycles. The first-order valence-corrected chi connectivity index (χ1v) is 9.94. The minimum atomic E-state index is -1.52. The third kappa shape index (κ3) is 12.4. The van der Waals surface area contributed by atoms with Crippen LogP contribution >= 0.6 is 0 Å². The Kier molecular flexibility index (Phi) is 12.8. The summed E-state index contributed by atoms with van der Waals surface area (Å²) in [6.07, 6.45) is -0.325. The molecule has 0 aliphatic heterocycles. The van der Waals surface area contributed by atoms with Gasteiger partial charge < -0.3 is 43.4 Å². The number of carboxylic acid groups (broad SMARTS) is 1. The van der Waals surface area contributed by atoms with E-state index >= 15 is 0 Å². The Hall–Kier alpha value is -2.93. The fourth-order valence-corrected chi connectivity index (χ4v) is 2.54. The molecule has 178 valence electrons. The van der Waals surface area contributed by atoms with Gasteiger partial charge in [0.25, 0.3) is 0 Å². The number of aliphatic hydroxyl groups excluding tert-OH is 1. The third-order valence-corrected chi connectivity index (χ3v) is 4.13. The van der Waals surface area contributed by atoms with Crippen LogP contribution in [0, 0.1) is 5.92 Å². The molecule has 3 amide bonds. The van der Waals surface area contributed by atoms with Crippen molar-refractivity contribution in [2.24, 2.45) is 28.1 Å². The maximum absolute atomic E-state index is 12.4. The van der Waals surface area contributed by atoms with Gasteiger partial charge >= 0.3 is 5.97 Å². The summed E-state index contributed by atoms with van der Waals surface area (Å²) in [5.74, 6) is -3.41. The summed E-state index contributed by atoms with van der Waals surface area (Å²) in [4.78, 5) is 51.6. The second-order valence-electron chi connectivity index (χ2n) is 7.59. The number of aliphatic hydroxyl groups is 1. The Balaban J connectivity index is 4.73. The number of carbonyl (C=O) groups is 4. The van der Waals surface area contributed by atoms with Crippen LogP contribution in [0.2, 0.25) is 0 Å². The molecule has 4 atom stereocenters. The second-order valence-corrected chi connectivity index (χ2v) is 7.59. The molecule has 0 radical (unpaired) electrons. The third-order valence-electron chi connectivity index (χ3n) is 4.13. The SMILES string of the molecule is CC(C)CC(NC(=O)CNC(=O)C(N)CCCN=C(N)N)C(=O)NC(C(=O)O)C(C)O. The zero-order valence-corrected chi connectivity index (χ0v) is 18.1. The molecule has 13 nitrogen and oxygen atoms in total. The Labute approximate surface area is 181 Å². The van der Waals surface area contributed by atoms with Crippen molar-refractivity contribution in [1.29, 1.82) is 0 Å². The largest absolute Gasteiger partial charge is 0.480 e. The highest BCUT2D eigenvalue weighted by atomic mass is 16.4. The number of carboxylic acids is 1. The molecule has 0 aromatic heterocycles. The first-order valence-electron chi connectivity index (χ1n) is 9.94. The molecular weight excluding hydrogens is 410 g/mol. The normalized spacial score (nSPS) is 14.6. The van der Waals surface area contributed by atoms with Crippen molar-refractivity contribution in [3.63, 3.8) is 0 Å². The van der Waals surface area contributed by atoms with Gasteiger partial charge in [0.1, 0.15) is 6.04 Å². The van der Waals surface area contributed by atoms with Gasteiger partial charge in [-0.3, -0.25) is 19.4 Å². The molecule has 0 aliphatic carbocycles. The number of hydrogen-bond donors (Lipinski definition) is 8. The lowest BCUT2D eigenvalue weighted by molar-refractivity contribution is -0.145. The van der Waals surface area contributed by atoms with E-state index in [0.717, 1.165) is 0 Å². The van der Waals surface area contributed by atoms with E-state index in [1.165, 1.54) is 6.92 Å². The fraction of sp³-hybridized carbons (Fsp3) is 0.722. The van der Waals surface area contributed by atoms with Crippen LogP contribution in [0.4, 0.5) is 0 Å². The molecule has 11 N–H and O–H groups in total. The summed E-state index contributed by atoms with van der Waals surface area (Å²) in [6, 6.07) is -3.42. The predicted octanol–water partition coefficient (Wildman–Crippen LogP) is -3.04. The molecule has 31 heavy (non-hydrogen) atoms. The van der Waals surface area contributed by atoms with Crippen LogP contribution in [-0.2, 0) is 19.2 Å². The Morgan fingerprint density at radius 1 is 1.03 bits per heavy atom. The molecule has 0 rings (SSSR count). The lowest BCUT2D eigenvalue weighted by Crippen LogP contribution is -2.56. The molecule has 13 heteroatoms. The second kappa shape index (κ2) is 14.1. The van der Waals surface area contributed by atoms with Gasteiger partial charge in [0, 0.05) is 6.54 Å². The van der Waals surface area contributed by atoms with Crippen molar-refractivity contribution < 1.29 is 29.4 Å². The first-order chi connectivity index (χ1) is 14.3. The van der Waals surface area contributed by atoms with Crippen molar-refractivity contribution in [2.75, 3.05) is 13.1 Å². The van der Waals surface area contributed by atoms with Crippen molar-refractivity contribution in [2.45, 2.75) is 64.3 Å². The zero-order chi connectivity index (χ0) is 24.1. The molecule has 0 spiro atoms. The van der Waals surface area contributed by atoms with E-state index in [-0.39, 0.29) is 18.3 Å². The quantitative estimate of drug-likeness (QED) is 0.0769. The molecule has 0 bridgehead atoms. The number of guanidine groups is 1. The van der Waals surface area contributed by atoms with Gasteiger partial charge in [-0.2, -0.15) is 0 Å². The molecule has 0 heterocycles. The molecule has 4 unspecified atom stereocenters. The zero-order valence-electron chi connectivity index (χ0n) is 18.1. The monoisotopic (exact) mass is 445 g/mol. The molecule has 0 fully saturated rings. The number of nitrogens with two attached hydrogens (primary N) is 3. The molecule has 0 aromatic rings. The predicted molar refractivity (Wildman–Crippen MR) is 114 cm³/mol. The van der Waals surface area contributed by atoms with Crippen molar-refractivity contribution in [1.82, 2.24) is 16.0 Å². The maximum atomic E-state index is 12.4. The summed E-state index contributed by atoms with van der Waals surface area (Å²) in [5.41, 5.74) is 16.1. The number of carbonyl (C=O) groups excluding carboxylic acids is 3. The van der Waals surface area contributed by atoms with Gasteiger partial charge in [-0.1, -0.05) is 13.8 Å². The van der Waals surface area contributed by atoms with E-state index in [2.05, 4.69) is 20.9 Å². The number of amides is 3. The number of aliphatic carboxylic acids is 1. The van der Waals surface area contributed by atoms with Crippen molar-refractivity contribution in [3.8, 4) is 0 Å². The van der Waals surface area contributed by atoms with Crippen LogP contribution in [0.3, 0.4) is 0 Å². The molecule has 0 aliphatic rings. The van der Waals surface area contributed by atoms with Crippen LogP contribution in [0.25, 0.3) is 0 Å². The highest BCUT2D eigenvalue weighted by Crippen LogP contribution is 2.06.